The summed E-state index contributed by atoms with van der Waals surface area (Å²) >= 11 is 0. The van der Waals surface area contributed by atoms with Crippen molar-refractivity contribution < 1.29 is 4.74 Å². The minimum atomic E-state index is 0.359. The van der Waals surface area contributed by atoms with E-state index in [0.717, 1.165) is 32.2 Å². The summed E-state index contributed by atoms with van der Waals surface area (Å²) in [7, 11) is 0. The molecule has 2 saturated heterocycles. The van der Waals surface area contributed by atoms with Gasteiger partial charge in [-0.3, -0.25) is 0 Å². The maximum atomic E-state index is 5.85. The maximum absolute atomic E-state index is 5.85. The summed E-state index contributed by atoms with van der Waals surface area (Å²) in [5.74, 6) is 0.731. The molecule has 0 saturated carbocycles. The Morgan fingerprint density at radius 2 is 1.85 bits per heavy atom. The summed E-state index contributed by atoms with van der Waals surface area (Å²) in [6.07, 6.45) is 8.18. The standard InChI is InChI=1S/C17H34N2O/c1-16(2)12-18-13-17(8-7-11-20-15-17)14-19-9-5-3-4-6-10-19/h16,18H,3-15H2,1-2H3. The fraction of sp³-hybridized carbons (Fsp3) is 1.00. The number of likely N-dealkylation sites (tertiary alicyclic amines) is 1. The number of ether oxygens (including phenoxy) is 1. The highest BCUT2D eigenvalue weighted by atomic mass is 16.5. The molecule has 0 amide bonds. The van der Waals surface area contributed by atoms with Gasteiger partial charge in [0, 0.05) is 25.1 Å². The van der Waals surface area contributed by atoms with Crippen LogP contribution in [0.5, 0.6) is 0 Å². The van der Waals surface area contributed by atoms with Crippen molar-refractivity contribution >= 4 is 0 Å². The van der Waals surface area contributed by atoms with Gasteiger partial charge in [-0.2, -0.15) is 0 Å². The minimum absolute atomic E-state index is 0.359. The van der Waals surface area contributed by atoms with Crippen LogP contribution in [0.2, 0.25) is 0 Å². The molecular weight excluding hydrogens is 248 g/mol. The Labute approximate surface area is 125 Å². The smallest absolute Gasteiger partial charge is 0.0546 e. The molecule has 2 aliphatic heterocycles. The predicted octanol–water partition coefficient (Wildman–Crippen LogP) is 2.90. The summed E-state index contributed by atoms with van der Waals surface area (Å²) in [6, 6.07) is 0. The SMILES string of the molecule is CC(C)CNCC1(CN2CCCCCC2)CCCOC1. The third kappa shape index (κ3) is 5.34. The molecule has 0 spiro atoms. The molecule has 2 heterocycles. The molecule has 20 heavy (non-hydrogen) atoms. The molecule has 2 rings (SSSR count). The molecule has 118 valence electrons. The highest BCUT2D eigenvalue weighted by molar-refractivity contribution is 4.88. The quantitative estimate of drug-likeness (QED) is 0.811. The van der Waals surface area contributed by atoms with E-state index in [1.165, 1.54) is 58.2 Å². The van der Waals surface area contributed by atoms with Gasteiger partial charge < -0.3 is 15.0 Å². The average molecular weight is 282 g/mol. The van der Waals surface area contributed by atoms with Crippen LogP contribution in [0, 0.1) is 11.3 Å². The maximum Gasteiger partial charge on any atom is 0.0546 e. The summed E-state index contributed by atoms with van der Waals surface area (Å²) < 4.78 is 5.85. The topological polar surface area (TPSA) is 24.5 Å². The van der Waals surface area contributed by atoms with E-state index in [-0.39, 0.29) is 0 Å². The Kier molecular flexibility index (Phi) is 6.79. The second-order valence-corrected chi connectivity index (χ2v) is 7.37. The number of rotatable bonds is 6. The van der Waals surface area contributed by atoms with Crippen molar-refractivity contribution in [3.63, 3.8) is 0 Å². The summed E-state index contributed by atoms with van der Waals surface area (Å²) in [5, 5.41) is 3.69. The van der Waals surface area contributed by atoms with Crippen LogP contribution in [0.25, 0.3) is 0 Å². The lowest BCUT2D eigenvalue weighted by molar-refractivity contribution is -0.0260. The van der Waals surface area contributed by atoms with Gasteiger partial charge in [0.1, 0.15) is 0 Å². The van der Waals surface area contributed by atoms with Crippen molar-refractivity contribution in [1.82, 2.24) is 10.2 Å². The first-order chi connectivity index (χ1) is 9.70. The van der Waals surface area contributed by atoms with Crippen molar-refractivity contribution in [2.24, 2.45) is 11.3 Å². The lowest BCUT2D eigenvalue weighted by Crippen LogP contribution is -2.49. The van der Waals surface area contributed by atoms with Gasteiger partial charge in [-0.05, 0) is 51.2 Å². The van der Waals surface area contributed by atoms with E-state index in [2.05, 4.69) is 24.1 Å². The lowest BCUT2D eigenvalue weighted by atomic mass is 9.81. The molecule has 3 nitrogen and oxygen atoms in total. The van der Waals surface area contributed by atoms with Crippen LogP contribution in [0.15, 0.2) is 0 Å². The molecule has 2 fully saturated rings. The van der Waals surface area contributed by atoms with Crippen LogP contribution in [0.3, 0.4) is 0 Å². The van der Waals surface area contributed by atoms with Crippen LogP contribution in [0.4, 0.5) is 0 Å². The first-order valence-corrected chi connectivity index (χ1v) is 8.71. The van der Waals surface area contributed by atoms with Crippen LogP contribution < -0.4 is 5.32 Å². The van der Waals surface area contributed by atoms with Crippen LogP contribution in [-0.4, -0.2) is 50.8 Å². The van der Waals surface area contributed by atoms with Crippen LogP contribution in [-0.2, 0) is 4.74 Å². The molecule has 3 heteroatoms. The lowest BCUT2D eigenvalue weighted by Gasteiger charge is -2.41. The Morgan fingerprint density at radius 3 is 2.45 bits per heavy atom. The third-order valence-corrected chi connectivity index (χ3v) is 4.71. The summed E-state index contributed by atoms with van der Waals surface area (Å²) in [4.78, 5) is 2.71. The number of nitrogens with one attached hydrogen (secondary N) is 1. The highest BCUT2D eigenvalue weighted by Crippen LogP contribution is 2.30. The number of hydrogen-bond acceptors (Lipinski definition) is 3. The van der Waals surface area contributed by atoms with Gasteiger partial charge in [0.15, 0.2) is 0 Å². The minimum Gasteiger partial charge on any atom is -0.381 e. The molecule has 0 aromatic carbocycles. The highest BCUT2D eigenvalue weighted by Gasteiger charge is 2.34. The molecule has 0 aromatic rings. The number of nitrogens with zero attached hydrogens (tertiary/aromatic N) is 1. The molecule has 0 bridgehead atoms. The van der Waals surface area contributed by atoms with E-state index in [1.807, 2.05) is 0 Å². The Bertz CT molecular complexity index is 254. The van der Waals surface area contributed by atoms with E-state index in [9.17, 15) is 0 Å². The van der Waals surface area contributed by atoms with Gasteiger partial charge in [-0.1, -0.05) is 26.7 Å². The second kappa shape index (κ2) is 8.35. The summed E-state index contributed by atoms with van der Waals surface area (Å²) in [5.41, 5.74) is 0.359. The molecule has 2 aliphatic rings. The molecule has 1 unspecified atom stereocenters. The zero-order valence-corrected chi connectivity index (χ0v) is 13.6. The largest absolute Gasteiger partial charge is 0.381 e. The van der Waals surface area contributed by atoms with Crippen molar-refractivity contribution in [3.8, 4) is 0 Å². The van der Waals surface area contributed by atoms with Crippen molar-refractivity contribution in [1.29, 1.82) is 0 Å². The summed E-state index contributed by atoms with van der Waals surface area (Å²) in [6.45, 7) is 12.6. The third-order valence-electron chi connectivity index (χ3n) is 4.71. The van der Waals surface area contributed by atoms with Gasteiger partial charge in [-0.25, -0.2) is 0 Å². The molecular formula is C17H34N2O. The zero-order valence-electron chi connectivity index (χ0n) is 13.6. The van der Waals surface area contributed by atoms with Crippen molar-refractivity contribution in [3.05, 3.63) is 0 Å². The molecule has 0 radical (unpaired) electrons. The number of hydrogen-bond donors (Lipinski definition) is 1. The first-order valence-electron chi connectivity index (χ1n) is 8.71. The van der Waals surface area contributed by atoms with Gasteiger partial charge in [-0.15, -0.1) is 0 Å². The Morgan fingerprint density at radius 1 is 1.10 bits per heavy atom. The molecule has 0 aromatic heterocycles. The van der Waals surface area contributed by atoms with E-state index < -0.39 is 0 Å². The normalized spacial score (nSPS) is 29.6. The molecule has 1 N–H and O–H groups in total. The van der Waals surface area contributed by atoms with E-state index in [0.29, 0.717) is 5.41 Å². The van der Waals surface area contributed by atoms with Crippen molar-refractivity contribution in [2.75, 3.05) is 45.9 Å². The predicted molar refractivity (Wildman–Crippen MR) is 85.1 cm³/mol. The monoisotopic (exact) mass is 282 g/mol. The average Bonchev–Trinajstić information content (AvgIpc) is 2.68. The van der Waals surface area contributed by atoms with Gasteiger partial charge >= 0.3 is 0 Å². The molecule has 0 aliphatic carbocycles. The van der Waals surface area contributed by atoms with Gasteiger partial charge in [0.05, 0.1) is 6.61 Å². The van der Waals surface area contributed by atoms with E-state index in [4.69, 9.17) is 4.74 Å². The Balaban J connectivity index is 1.87. The van der Waals surface area contributed by atoms with Crippen molar-refractivity contribution in [2.45, 2.75) is 52.4 Å². The zero-order chi connectivity index (χ0) is 14.3. The van der Waals surface area contributed by atoms with Crippen LogP contribution >= 0.6 is 0 Å². The van der Waals surface area contributed by atoms with E-state index in [1.54, 1.807) is 0 Å². The Hall–Kier alpha value is -0.120. The van der Waals surface area contributed by atoms with Gasteiger partial charge in [0.2, 0.25) is 0 Å². The second-order valence-electron chi connectivity index (χ2n) is 7.37. The van der Waals surface area contributed by atoms with E-state index >= 15 is 0 Å². The fourth-order valence-electron chi connectivity index (χ4n) is 3.62. The molecule has 1 atom stereocenters. The van der Waals surface area contributed by atoms with Gasteiger partial charge in [0.25, 0.3) is 0 Å². The van der Waals surface area contributed by atoms with Crippen LogP contribution in [0.1, 0.15) is 52.4 Å². The fourth-order valence-corrected chi connectivity index (χ4v) is 3.62. The first kappa shape index (κ1) is 16.3.